The normalized spacial score (nSPS) is 11.3. The monoisotopic (exact) mass is 382 g/mol. The molecule has 0 N–H and O–H groups in total. The van der Waals surface area contributed by atoms with E-state index in [2.05, 4.69) is 10.9 Å². The first-order chi connectivity index (χ1) is 13.1. The van der Waals surface area contributed by atoms with E-state index >= 15 is 0 Å². The lowest BCUT2D eigenvalue weighted by Gasteiger charge is -2.08. The fraction of sp³-hybridized carbons (Fsp3) is 0.200. The zero-order chi connectivity index (χ0) is 19.4. The summed E-state index contributed by atoms with van der Waals surface area (Å²) in [6.07, 6.45) is 5.52. The number of para-hydroxylation sites is 1. The number of carbonyl (C=O) groups is 1. The summed E-state index contributed by atoms with van der Waals surface area (Å²) in [6, 6.07) is 10.6. The molecular weight excluding hydrogens is 364 g/mol. The second-order valence-electron chi connectivity index (χ2n) is 5.47. The molecule has 0 aliphatic heterocycles. The Morgan fingerprint density at radius 2 is 1.85 bits per heavy atom. The molecule has 1 amide bonds. The number of rotatable bonds is 5. The number of hydrogen-bond acceptors (Lipinski definition) is 5. The molecule has 0 saturated carbocycles. The SMILES string of the molecule is C#CCn1c(=NC(=O)c2ccc(OC)c(OC)c2)sc2cccc(OC)c21. The van der Waals surface area contributed by atoms with Gasteiger partial charge in [0.15, 0.2) is 16.3 Å². The minimum Gasteiger partial charge on any atom is -0.495 e. The lowest BCUT2D eigenvalue weighted by atomic mass is 10.2. The summed E-state index contributed by atoms with van der Waals surface area (Å²) in [6.45, 7) is 0.276. The molecule has 0 spiro atoms. The van der Waals surface area contributed by atoms with E-state index in [1.807, 2.05) is 18.2 Å². The van der Waals surface area contributed by atoms with Gasteiger partial charge in [-0.2, -0.15) is 4.99 Å². The molecular formula is C20H18N2O4S. The predicted molar refractivity (Wildman–Crippen MR) is 105 cm³/mol. The van der Waals surface area contributed by atoms with E-state index in [0.29, 0.717) is 27.6 Å². The van der Waals surface area contributed by atoms with Crippen molar-refractivity contribution < 1.29 is 19.0 Å². The van der Waals surface area contributed by atoms with Crippen molar-refractivity contribution in [2.45, 2.75) is 6.54 Å². The van der Waals surface area contributed by atoms with Crippen LogP contribution in [0.1, 0.15) is 10.4 Å². The fourth-order valence-corrected chi connectivity index (χ4v) is 3.75. The smallest absolute Gasteiger partial charge is 0.279 e. The largest absolute Gasteiger partial charge is 0.495 e. The summed E-state index contributed by atoms with van der Waals surface area (Å²) in [5.74, 6) is 3.90. The molecule has 0 aliphatic rings. The molecule has 1 heterocycles. The zero-order valence-electron chi connectivity index (χ0n) is 15.2. The van der Waals surface area contributed by atoms with Crippen LogP contribution in [0, 0.1) is 12.3 Å². The fourth-order valence-electron chi connectivity index (χ4n) is 2.71. The zero-order valence-corrected chi connectivity index (χ0v) is 16.0. The van der Waals surface area contributed by atoms with Crippen molar-refractivity contribution in [3.05, 3.63) is 46.8 Å². The van der Waals surface area contributed by atoms with Gasteiger partial charge in [-0.1, -0.05) is 23.3 Å². The van der Waals surface area contributed by atoms with Crippen LogP contribution in [-0.2, 0) is 6.54 Å². The van der Waals surface area contributed by atoms with Crippen LogP contribution in [0.25, 0.3) is 10.2 Å². The molecule has 2 aromatic carbocycles. The number of fused-ring (bicyclic) bond motifs is 1. The number of amides is 1. The second kappa shape index (κ2) is 7.98. The first-order valence-electron chi connectivity index (χ1n) is 8.03. The maximum Gasteiger partial charge on any atom is 0.279 e. The standard InChI is InChI=1S/C20H18N2O4S/c1-5-11-22-18-15(25-3)7-6-8-17(18)27-20(22)21-19(23)13-9-10-14(24-2)16(12-13)26-4/h1,6-10,12H,11H2,2-4H3. The number of ether oxygens (including phenoxy) is 3. The van der Waals surface area contributed by atoms with Gasteiger partial charge in [0.1, 0.15) is 11.3 Å². The summed E-state index contributed by atoms with van der Waals surface area (Å²) in [5, 5.41) is 0. The summed E-state index contributed by atoms with van der Waals surface area (Å²) >= 11 is 1.38. The highest BCUT2D eigenvalue weighted by atomic mass is 32.1. The molecule has 0 unspecified atom stereocenters. The lowest BCUT2D eigenvalue weighted by Crippen LogP contribution is -2.16. The van der Waals surface area contributed by atoms with E-state index in [-0.39, 0.29) is 6.54 Å². The highest BCUT2D eigenvalue weighted by Gasteiger charge is 2.14. The molecule has 0 bridgehead atoms. The van der Waals surface area contributed by atoms with Crippen LogP contribution < -0.4 is 19.0 Å². The van der Waals surface area contributed by atoms with E-state index < -0.39 is 5.91 Å². The van der Waals surface area contributed by atoms with Crippen LogP contribution in [0.5, 0.6) is 17.2 Å². The lowest BCUT2D eigenvalue weighted by molar-refractivity contribution is 0.0997. The van der Waals surface area contributed by atoms with E-state index in [0.717, 1.165) is 10.2 Å². The molecule has 0 saturated heterocycles. The van der Waals surface area contributed by atoms with Crippen LogP contribution in [0.2, 0.25) is 0 Å². The number of thiazole rings is 1. The van der Waals surface area contributed by atoms with Crippen molar-refractivity contribution in [2.24, 2.45) is 4.99 Å². The Kier molecular flexibility index (Phi) is 5.48. The number of nitrogens with zero attached hydrogens (tertiary/aromatic N) is 2. The van der Waals surface area contributed by atoms with Gasteiger partial charge in [0.2, 0.25) is 0 Å². The molecule has 0 radical (unpaired) electrons. The summed E-state index contributed by atoms with van der Waals surface area (Å²) in [7, 11) is 4.65. The molecule has 138 valence electrons. The Hall–Kier alpha value is -3.24. The molecule has 7 heteroatoms. The Bertz CT molecular complexity index is 1110. The number of carbonyl (C=O) groups excluding carboxylic acids is 1. The van der Waals surface area contributed by atoms with Crippen molar-refractivity contribution in [3.8, 4) is 29.6 Å². The minimum atomic E-state index is -0.396. The summed E-state index contributed by atoms with van der Waals surface area (Å²) in [4.78, 5) is 17.5. The number of terminal acetylenes is 1. The van der Waals surface area contributed by atoms with Crippen LogP contribution in [0.15, 0.2) is 41.4 Å². The van der Waals surface area contributed by atoms with Crippen molar-refractivity contribution in [3.63, 3.8) is 0 Å². The third-order valence-corrected chi connectivity index (χ3v) is 5.00. The van der Waals surface area contributed by atoms with Crippen LogP contribution in [-0.4, -0.2) is 31.8 Å². The van der Waals surface area contributed by atoms with Gasteiger partial charge in [-0.25, -0.2) is 0 Å². The van der Waals surface area contributed by atoms with Gasteiger partial charge in [-0.3, -0.25) is 4.79 Å². The third kappa shape index (κ3) is 3.52. The molecule has 27 heavy (non-hydrogen) atoms. The molecule has 0 fully saturated rings. The Morgan fingerprint density at radius 3 is 2.52 bits per heavy atom. The van der Waals surface area contributed by atoms with Gasteiger partial charge in [0.05, 0.1) is 32.6 Å². The number of benzene rings is 2. The first-order valence-corrected chi connectivity index (χ1v) is 8.85. The van der Waals surface area contributed by atoms with E-state index in [1.54, 1.807) is 29.9 Å². The van der Waals surface area contributed by atoms with Crippen molar-refractivity contribution in [2.75, 3.05) is 21.3 Å². The molecule has 1 aromatic heterocycles. The van der Waals surface area contributed by atoms with Crippen LogP contribution in [0.4, 0.5) is 0 Å². The van der Waals surface area contributed by atoms with Gasteiger partial charge >= 0.3 is 0 Å². The number of aromatic nitrogens is 1. The Balaban J connectivity index is 2.14. The van der Waals surface area contributed by atoms with E-state index in [9.17, 15) is 4.79 Å². The quantitative estimate of drug-likeness (QED) is 0.636. The van der Waals surface area contributed by atoms with Crippen LogP contribution in [0.3, 0.4) is 0 Å². The predicted octanol–water partition coefficient (Wildman–Crippen LogP) is 3.10. The molecule has 3 aromatic rings. The molecule has 3 rings (SSSR count). The average molecular weight is 382 g/mol. The van der Waals surface area contributed by atoms with Gasteiger partial charge in [-0.05, 0) is 30.3 Å². The first kappa shape index (κ1) is 18.5. The number of hydrogen-bond donors (Lipinski definition) is 0. The van der Waals surface area contributed by atoms with Gasteiger partial charge < -0.3 is 18.8 Å². The van der Waals surface area contributed by atoms with Crippen molar-refractivity contribution in [1.82, 2.24) is 4.57 Å². The van der Waals surface area contributed by atoms with Crippen molar-refractivity contribution >= 4 is 27.5 Å². The summed E-state index contributed by atoms with van der Waals surface area (Å²) in [5.41, 5.74) is 1.21. The van der Waals surface area contributed by atoms with Crippen LogP contribution >= 0.6 is 11.3 Å². The van der Waals surface area contributed by atoms with Gasteiger partial charge in [0, 0.05) is 5.56 Å². The Morgan fingerprint density at radius 1 is 1.11 bits per heavy atom. The van der Waals surface area contributed by atoms with Gasteiger partial charge in [0.25, 0.3) is 5.91 Å². The van der Waals surface area contributed by atoms with E-state index in [1.165, 1.54) is 25.6 Å². The van der Waals surface area contributed by atoms with Gasteiger partial charge in [-0.15, -0.1) is 6.42 Å². The highest BCUT2D eigenvalue weighted by Crippen LogP contribution is 2.29. The average Bonchev–Trinajstić information content (AvgIpc) is 3.04. The second-order valence-corrected chi connectivity index (χ2v) is 6.48. The maximum atomic E-state index is 12.7. The molecule has 0 atom stereocenters. The topological polar surface area (TPSA) is 62.1 Å². The highest BCUT2D eigenvalue weighted by molar-refractivity contribution is 7.16. The molecule has 0 aliphatic carbocycles. The van der Waals surface area contributed by atoms with E-state index in [4.69, 9.17) is 20.6 Å². The number of methoxy groups -OCH3 is 3. The maximum absolute atomic E-state index is 12.7. The third-order valence-electron chi connectivity index (χ3n) is 3.96. The van der Waals surface area contributed by atoms with Crippen molar-refractivity contribution in [1.29, 1.82) is 0 Å². The minimum absolute atomic E-state index is 0.276. The summed E-state index contributed by atoms with van der Waals surface area (Å²) < 4.78 is 18.6. The Labute approximate surface area is 160 Å². The molecule has 6 nitrogen and oxygen atoms in total.